The third-order valence-electron chi connectivity index (χ3n) is 3.06. The van der Waals surface area contributed by atoms with Gasteiger partial charge < -0.3 is 15.2 Å². The van der Waals surface area contributed by atoms with E-state index in [-0.39, 0.29) is 0 Å². The van der Waals surface area contributed by atoms with Crippen LogP contribution in [0.25, 0.3) is 4.96 Å². The second-order valence-electron chi connectivity index (χ2n) is 4.44. The Bertz CT molecular complexity index is 735. The van der Waals surface area contributed by atoms with Gasteiger partial charge in [-0.2, -0.15) is 4.98 Å². The van der Waals surface area contributed by atoms with E-state index in [0.29, 0.717) is 31.2 Å². The van der Waals surface area contributed by atoms with Crippen LogP contribution in [-0.2, 0) is 6.42 Å². The van der Waals surface area contributed by atoms with E-state index in [4.69, 9.17) is 15.2 Å². The smallest absolute Gasteiger partial charge is 0.242 e. The second-order valence-corrected chi connectivity index (χ2v) is 5.31. The summed E-state index contributed by atoms with van der Waals surface area (Å²) in [5.74, 6) is 1.98. The van der Waals surface area contributed by atoms with Gasteiger partial charge in [0.25, 0.3) is 0 Å². The van der Waals surface area contributed by atoms with Crippen molar-refractivity contribution in [2.75, 3.05) is 13.2 Å². The van der Waals surface area contributed by atoms with Crippen LogP contribution < -0.4 is 15.2 Å². The molecule has 0 radical (unpaired) electrons. The molecule has 0 saturated heterocycles. The monoisotopic (exact) mass is 303 g/mol. The Balaban J connectivity index is 1.97. The van der Waals surface area contributed by atoms with Crippen molar-refractivity contribution >= 4 is 16.3 Å². The van der Waals surface area contributed by atoms with Crippen molar-refractivity contribution in [2.45, 2.75) is 13.3 Å². The van der Waals surface area contributed by atoms with Crippen LogP contribution in [0.3, 0.4) is 0 Å². The van der Waals surface area contributed by atoms with Gasteiger partial charge in [0.2, 0.25) is 5.88 Å². The Labute approximate surface area is 126 Å². The number of imidazole rings is 1. The third-order valence-corrected chi connectivity index (χ3v) is 3.82. The van der Waals surface area contributed by atoms with Gasteiger partial charge in [-0.15, -0.1) is 11.3 Å². The lowest BCUT2D eigenvalue weighted by atomic mass is 10.3. The Morgan fingerprint density at radius 1 is 1.29 bits per heavy atom. The summed E-state index contributed by atoms with van der Waals surface area (Å²) in [5, 5.41) is 2.00. The zero-order chi connectivity index (χ0) is 14.7. The van der Waals surface area contributed by atoms with Gasteiger partial charge in [0.15, 0.2) is 16.5 Å². The minimum Gasteiger partial charge on any atom is -0.490 e. The number of hydrogen-bond donors (Lipinski definition) is 1. The number of thiazole rings is 1. The second kappa shape index (κ2) is 6.15. The highest BCUT2D eigenvalue weighted by Gasteiger charge is 2.16. The quantitative estimate of drug-likeness (QED) is 0.760. The van der Waals surface area contributed by atoms with Crippen molar-refractivity contribution in [3.8, 4) is 17.4 Å². The lowest BCUT2D eigenvalue weighted by Gasteiger charge is -2.10. The first-order valence-electron chi connectivity index (χ1n) is 6.87. The maximum atomic E-state index is 5.98. The SMILES string of the molecule is CCOc1ccccc1Oc1nc2sccn2c1CCN. The highest BCUT2D eigenvalue weighted by molar-refractivity contribution is 7.15. The molecule has 2 aromatic heterocycles. The van der Waals surface area contributed by atoms with Crippen molar-refractivity contribution in [3.63, 3.8) is 0 Å². The Hall–Kier alpha value is -2.05. The summed E-state index contributed by atoms with van der Waals surface area (Å²) in [6.07, 6.45) is 2.70. The van der Waals surface area contributed by atoms with Gasteiger partial charge in [0, 0.05) is 18.0 Å². The lowest BCUT2D eigenvalue weighted by Crippen LogP contribution is -2.06. The largest absolute Gasteiger partial charge is 0.490 e. The van der Waals surface area contributed by atoms with Crippen LogP contribution in [0.4, 0.5) is 0 Å². The molecule has 21 heavy (non-hydrogen) atoms. The van der Waals surface area contributed by atoms with Crippen molar-refractivity contribution in [1.29, 1.82) is 0 Å². The van der Waals surface area contributed by atoms with E-state index in [1.807, 2.05) is 47.2 Å². The molecule has 2 N–H and O–H groups in total. The number of aromatic nitrogens is 2. The van der Waals surface area contributed by atoms with E-state index >= 15 is 0 Å². The number of para-hydroxylation sites is 2. The van der Waals surface area contributed by atoms with Crippen molar-refractivity contribution in [3.05, 3.63) is 41.5 Å². The number of benzene rings is 1. The van der Waals surface area contributed by atoms with Crippen LogP contribution in [0, 0.1) is 0 Å². The molecule has 110 valence electrons. The van der Waals surface area contributed by atoms with Crippen molar-refractivity contribution in [2.24, 2.45) is 5.73 Å². The summed E-state index contributed by atoms with van der Waals surface area (Å²) in [6, 6.07) is 7.60. The van der Waals surface area contributed by atoms with Crippen LogP contribution in [0.15, 0.2) is 35.8 Å². The molecule has 3 rings (SSSR count). The molecule has 0 unspecified atom stereocenters. The normalized spacial score (nSPS) is 11.0. The molecule has 5 nitrogen and oxygen atoms in total. The maximum absolute atomic E-state index is 5.98. The van der Waals surface area contributed by atoms with E-state index in [1.54, 1.807) is 11.3 Å². The molecule has 0 aliphatic heterocycles. The van der Waals surface area contributed by atoms with Gasteiger partial charge in [-0.05, 0) is 25.6 Å². The number of nitrogens with zero attached hydrogens (tertiary/aromatic N) is 2. The minimum absolute atomic E-state index is 0.549. The summed E-state index contributed by atoms with van der Waals surface area (Å²) in [6.45, 7) is 3.09. The number of hydrogen-bond acceptors (Lipinski definition) is 5. The average molecular weight is 303 g/mol. The number of ether oxygens (including phenoxy) is 2. The van der Waals surface area contributed by atoms with Crippen LogP contribution >= 0.6 is 11.3 Å². The molecule has 1 aromatic carbocycles. The first kappa shape index (κ1) is 13.9. The van der Waals surface area contributed by atoms with E-state index in [1.165, 1.54) is 0 Å². The molecule has 0 aliphatic carbocycles. The Morgan fingerprint density at radius 2 is 2.10 bits per heavy atom. The lowest BCUT2D eigenvalue weighted by molar-refractivity contribution is 0.319. The summed E-state index contributed by atoms with van der Waals surface area (Å²) < 4.78 is 13.6. The van der Waals surface area contributed by atoms with Crippen LogP contribution in [0.5, 0.6) is 17.4 Å². The summed E-state index contributed by atoms with van der Waals surface area (Å²) in [4.78, 5) is 5.44. The third kappa shape index (κ3) is 2.72. The van der Waals surface area contributed by atoms with E-state index in [9.17, 15) is 0 Å². The zero-order valence-electron chi connectivity index (χ0n) is 11.8. The summed E-state index contributed by atoms with van der Waals surface area (Å²) >= 11 is 1.57. The Morgan fingerprint density at radius 3 is 2.86 bits per heavy atom. The fraction of sp³-hybridized carbons (Fsp3) is 0.267. The molecule has 3 aromatic rings. The van der Waals surface area contributed by atoms with Crippen LogP contribution in [-0.4, -0.2) is 22.5 Å². The van der Waals surface area contributed by atoms with Gasteiger partial charge in [-0.1, -0.05) is 12.1 Å². The molecule has 0 atom stereocenters. The topological polar surface area (TPSA) is 61.8 Å². The summed E-state index contributed by atoms with van der Waals surface area (Å²) in [5.41, 5.74) is 6.69. The first-order valence-corrected chi connectivity index (χ1v) is 7.75. The van der Waals surface area contributed by atoms with Gasteiger partial charge in [0.1, 0.15) is 0 Å². The molecular weight excluding hydrogens is 286 g/mol. The molecular formula is C15H17N3O2S. The molecule has 0 saturated carbocycles. The maximum Gasteiger partial charge on any atom is 0.242 e. The zero-order valence-corrected chi connectivity index (χ0v) is 12.6. The fourth-order valence-electron chi connectivity index (χ4n) is 2.17. The minimum atomic E-state index is 0.549. The number of fused-ring (bicyclic) bond motifs is 1. The van der Waals surface area contributed by atoms with Gasteiger partial charge in [-0.25, -0.2) is 0 Å². The predicted molar refractivity (Wildman–Crippen MR) is 83.5 cm³/mol. The van der Waals surface area contributed by atoms with Crippen molar-refractivity contribution in [1.82, 2.24) is 9.38 Å². The average Bonchev–Trinajstić information content (AvgIpc) is 3.05. The molecule has 2 heterocycles. The van der Waals surface area contributed by atoms with E-state index < -0.39 is 0 Å². The van der Waals surface area contributed by atoms with Crippen LogP contribution in [0.2, 0.25) is 0 Å². The highest BCUT2D eigenvalue weighted by atomic mass is 32.1. The number of nitrogens with two attached hydrogens (primary N) is 1. The molecule has 0 fully saturated rings. The van der Waals surface area contributed by atoms with Crippen LogP contribution in [0.1, 0.15) is 12.6 Å². The summed E-state index contributed by atoms with van der Waals surface area (Å²) in [7, 11) is 0. The predicted octanol–water partition coefficient (Wildman–Crippen LogP) is 3.09. The molecule has 6 heteroatoms. The van der Waals surface area contributed by atoms with Gasteiger partial charge in [0.05, 0.1) is 12.3 Å². The highest BCUT2D eigenvalue weighted by Crippen LogP contribution is 2.33. The Kier molecular flexibility index (Phi) is 4.08. The molecule has 0 spiro atoms. The fourth-order valence-corrected chi connectivity index (χ4v) is 2.90. The molecule has 0 aliphatic rings. The standard InChI is InChI=1S/C15H17N3O2S/c1-2-19-12-5-3-4-6-13(12)20-14-11(7-8-16)18-9-10-21-15(18)17-14/h3-6,9-10H,2,7-8,16H2,1H3. The number of rotatable bonds is 6. The molecule has 0 amide bonds. The first-order chi connectivity index (χ1) is 10.3. The van der Waals surface area contributed by atoms with Gasteiger partial charge in [-0.3, -0.25) is 4.40 Å². The van der Waals surface area contributed by atoms with Crippen molar-refractivity contribution < 1.29 is 9.47 Å². The van der Waals surface area contributed by atoms with Gasteiger partial charge >= 0.3 is 0 Å². The van der Waals surface area contributed by atoms with E-state index in [2.05, 4.69) is 4.98 Å². The van der Waals surface area contributed by atoms with E-state index in [0.717, 1.165) is 16.4 Å². The molecule has 0 bridgehead atoms.